The molecule has 0 bridgehead atoms. The van der Waals surface area contributed by atoms with Crippen LogP contribution in [-0.2, 0) is 10.9 Å². The van der Waals surface area contributed by atoms with Crippen molar-refractivity contribution in [3.8, 4) is 0 Å². The van der Waals surface area contributed by atoms with Gasteiger partial charge in [-0.15, -0.1) is 0 Å². The van der Waals surface area contributed by atoms with E-state index in [9.17, 15) is 13.2 Å². The van der Waals surface area contributed by atoms with Gasteiger partial charge in [0.2, 0.25) is 0 Å². The lowest BCUT2D eigenvalue weighted by molar-refractivity contribution is -0.137. The van der Waals surface area contributed by atoms with Crippen LogP contribution in [0.25, 0.3) is 0 Å². The molecule has 108 valence electrons. The molecule has 0 spiro atoms. The second-order valence-corrected chi connectivity index (χ2v) is 4.37. The van der Waals surface area contributed by atoms with Crippen LogP contribution >= 0.6 is 0 Å². The van der Waals surface area contributed by atoms with E-state index in [0.717, 1.165) is 18.9 Å². The summed E-state index contributed by atoms with van der Waals surface area (Å²) in [6.07, 6.45) is -2.73. The van der Waals surface area contributed by atoms with E-state index >= 15 is 0 Å². The summed E-state index contributed by atoms with van der Waals surface area (Å²) in [7, 11) is 1.62. The fourth-order valence-electron chi connectivity index (χ4n) is 2.00. The average molecular weight is 275 g/mol. The van der Waals surface area contributed by atoms with Gasteiger partial charge in [-0.1, -0.05) is 19.1 Å². The zero-order chi connectivity index (χ0) is 14.3. The standard InChI is InChI=1S/C14H20F3NO/c1-3-18-13(8-5-9-19-2)11-6-4-7-12(10-11)14(15,16)17/h4,6-7,10,13,18H,3,5,8-9H2,1-2H3. The molecule has 0 heterocycles. The molecule has 0 fully saturated rings. The topological polar surface area (TPSA) is 21.3 Å². The maximum Gasteiger partial charge on any atom is 0.416 e. The summed E-state index contributed by atoms with van der Waals surface area (Å²) in [6.45, 7) is 3.27. The molecule has 1 aromatic rings. The molecule has 0 radical (unpaired) electrons. The first-order valence-corrected chi connectivity index (χ1v) is 6.38. The van der Waals surface area contributed by atoms with E-state index in [1.54, 1.807) is 13.2 Å². The average Bonchev–Trinajstić information content (AvgIpc) is 2.37. The Kier molecular flexibility index (Phi) is 6.31. The lowest BCUT2D eigenvalue weighted by atomic mass is 9.99. The number of hydrogen-bond acceptors (Lipinski definition) is 2. The molecule has 0 amide bonds. The smallest absolute Gasteiger partial charge is 0.385 e. The highest BCUT2D eigenvalue weighted by Crippen LogP contribution is 2.31. The van der Waals surface area contributed by atoms with Crippen molar-refractivity contribution >= 4 is 0 Å². The van der Waals surface area contributed by atoms with E-state index in [2.05, 4.69) is 5.32 Å². The Hall–Kier alpha value is -1.07. The predicted octanol–water partition coefficient (Wildman–Crippen LogP) is 3.78. The van der Waals surface area contributed by atoms with Gasteiger partial charge in [0.05, 0.1) is 5.56 Å². The molecule has 2 nitrogen and oxygen atoms in total. The molecule has 0 aliphatic carbocycles. The summed E-state index contributed by atoms with van der Waals surface area (Å²) in [5.74, 6) is 0. The molecule has 0 aromatic heterocycles. The molecular weight excluding hydrogens is 255 g/mol. The summed E-state index contributed by atoms with van der Waals surface area (Å²) in [4.78, 5) is 0. The zero-order valence-electron chi connectivity index (χ0n) is 11.3. The first-order chi connectivity index (χ1) is 8.99. The Labute approximate surface area is 112 Å². The maximum absolute atomic E-state index is 12.7. The Bertz CT molecular complexity index is 379. The highest BCUT2D eigenvalue weighted by molar-refractivity contribution is 5.28. The summed E-state index contributed by atoms with van der Waals surface area (Å²) < 4.78 is 43.0. The van der Waals surface area contributed by atoms with Crippen molar-refractivity contribution in [2.24, 2.45) is 0 Å². The fourth-order valence-corrected chi connectivity index (χ4v) is 2.00. The van der Waals surface area contributed by atoms with Crippen molar-refractivity contribution in [1.82, 2.24) is 5.32 Å². The van der Waals surface area contributed by atoms with Gasteiger partial charge >= 0.3 is 6.18 Å². The molecular formula is C14H20F3NO. The highest BCUT2D eigenvalue weighted by atomic mass is 19.4. The molecule has 1 atom stereocenters. The number of halogens is 3. The van der Waals surface area contributed by atoms with Crippen LogP contribution in [-0.4, -0.2) is 20.3 Å². The monoisotopic (exact) mass is 275 g/mol. The number of alkyl halides is 3. The van der Waals surface area contributed by atoms with Crippen LogP contribution in [0.15, 0.2) is 24.3 Å². The van der Waals surface area contributed by atoms with E-state index in [-0.39, 0.29) is 6.04 Å². The lowest BCUT2D eigenvalue weighted by Crippen LogP contribution is -2.21. The van der Waals surface area contributed by atoms with Crippen LogP contribution in [0, 0.1) is 0 Å². The van der Waals surface area contributed by atoms with Crippen LogP contribution in [0.3, 0.4) is 0 Å². The lowest BCUT2D eigenvalue weighted by Gasteiger charge is -2.19. The second-order valence-electron chi connectivity index (χ2n) is 4.37. The number of methoxy groups -OCH3 is 1. The Morgan fingerprint density at radius 2 is 2.05 bits per heavy atom. The molecule has 1 N–H and O–H groups in total. The minimum absolute atomic E-state index is 0.0672. The molecule has 0 aliphatic rings. The summed E-state index contributed by atoms with van der Waals surface area (Å²) in [5, 5.41) is 3.21. The molecule has 19 heavy (non-hydrogen) atoms. The van der Waals surface area contributed by atoms with Crippen molar-refractivity contribution < 1.29 is 17.9 Å². The van der Waals surface area contributed by atoms with Crippen LogP contribution in [0.2, 0.25) is 0 Å². The second kappa shape index (κ2) is 7.50. The number of benzene rings is 1. The molecule has 1 unspecified atom stereocenters. The molecule has 0 saturated heterocycles. The van der Waals surface area contributed by atoms with E-state index in [4.69, 9.17) is 4.74 Å². The first kappa shape index (κ1) is 16.0. The minimum Gasteiger partial charge on any atom is -0.385 e. The van der Waals surface area contributed by atoms with Gasteiger partial charge in [-0.2, -0.15) is 13.2 Å². The van der Waals surface area contributed by atoms with Gasteiger partial charge in [-0.3, -0.25) is 0 Å². The molecule has 0 aliphatic heterocycles. The van der Waals surface area contributed by atoms with Gasteiger partial charge in [0.25, 0.3) is 0 Å². The summed E-state index contributed by atoms with van der Waals surface area (Å²) in [6, 6.07) is 5.44. The number of rotatable bonds is 7. The van der Waals surface area contributed by atoms with Crippen LogP contribution < -0.4 is 5.32 Å². The number of hydrogen-bond donors (Lipinski definition) is 1. The van der Waals surface area contributed by atoms with Gasteiger partial charge in [0, 0.05) is 19.8 Å². The Morgan fingerprint density at radius 3 is 2.63 bits per heavy atom. The summed E-state index contributed by atoms with van der Waals surface area (Å²) in [5.41, 5.74) is 0.0763. The Morgan fingerprint density at radius 1 is 1.32 bits per heavy atom. The van der Waals surface area contributed by atoms with Crippen molar-refractivity contribution in [2.75, 3.05) is 20.3 Å². The number of nitrogens with one attached hydrogen (secondary N) is 1. The zero-order valence-corrected chi connectivity index (χ0v) is 11.3. The third kappa shape index (κ3) is 5.20. The normalized spacial score (nSPS) is 13.5. The van der Waals surface area contributed by atoms with Gasteiger partial charge in [0.15, 0.2) is 0 Å². The largest absolute Gasteiger partial charge is 0.416 e. The summed E-state index contributed by atoms with van der Waals surface area (Å²) >= 11 is 0. The fraction of sp³-hybridized carbons (Fsp3) is 0.571. The first-order valence-electron chi connectivity index (χ1n) is 6.38. The van der Waals surface area contributed by atoms with Gasteiger partial charge < -0.3 is 10.1 Å². The van der Waals surface area contributed by atoms with E-state index < -0.39 is 11.7 Å². The molecule has 5 heteroatoms. The molecule has 0 saturated carbocycles. The van der Waals surface area contributed by atoms with Gasteiger partial charge in [-0.05, 0) is 37.1 Å². The Balaban J connectivity index is 2.83. The van der Waals surface area contributed by atoms with E-state index in [0.29, 0.717) is 18.7 Å². The van der Waals surface area contributed by atoms with Crippen molar-refractivity contribution in [3.05, 3.63) is 35.4 Å². The quantitative estimate of drug-likeness (QED) is 0.765. The maximum atomic E-state index is 12.7. The van der Waals surface area contributed by atoms with Gasteiger partial charge in [-0.25, -0.2) is 0 Å². The van der Waals surface area contributed by atoms with Gasteiger partial charge in [0.1, 0.15) is 0 Å². The van der Waals surface area contributed by atoms with E-state index in [1.807, 2.05) is 6.92 Å². The number of ether oxygens (including phenoxy) is 1. The van der Waals surface area contributed by atoms with Crippen LogP contribution in [0.1, 0.15) is 36.9 Å². The minimum atomic E-state index is -4.29. The third-order valence-corrected chi connectivity index (χ3v) is 2.91. The SMILES string of the molecule is CCNC(CCCOC)c1cccc(C(F)(F)F)c1. The third-order valence-electron chi connectivity index (χ3n) is 2.91. The van der Waals surface area contributed by atoms with Crippen molar-refractivity contribution in [1.29, 1.82) is 0 Å². The van der Waals surface area contributed by atoms with Crippen LogP contribution in [0.4, 0.5) is 13.2 Å². The molecule has 1 aromatic carbocycles. The molecule has 1 rings (SSSR count). The van der Waals surface area contributed by atoms with Crippen molar-refractivity contribution in [3.63, 3.8) is 0 Å². The van der Waals surface area contributed by atoms with E-state index in [1.165, 1.54) is 12.1 Å². The highest BCUT2D eigenvalue weighted by Gasteiger charge is 2.30. The predicted molar refractivity (Wildman–Crippen MR) is 69.0 cm³/mol. The van der Waals surface area contributed by atoms with Crippen molar-refractivity contribution in [2.45, 2.75) is 32.0 Å². The van der Waals surface area contributed by atoms with Crippen LogP contribution in [0.5, 0.6) is 0 Å².